The van der Waals surface area contributed by atoms with Gasteiger partial charge in [0.1, 0.15) is 5.75 Å². The van der Waals surface area contributed by atoms with Crippen molar-refractivity contribution in [3.05, 3.63) is 59.1 Å². The fourth-order valence-electron chi connectivity index (χ4n) is 1.74. The third-order valence-corrected chi connectivity index (χ3v) is 4.06. The molecule has 2 nitrogen and oxygen atoms in total. The zero-order valence-electron chi connectivity index (χ0n) is 10.5. The maximum absolute atomic E-state index is 10.2. The van der Waals surface area contributed by atoms with Crippen molar-refractivity contribution < 1.29 is 9.84 Å². The first kappa shape index (κ1) is 14.3. The molecule has 0 aliphatic heterocycles. The molecule has 100 valence electrons. The lowest BCUT2D eigenvalue weighted by Crippen LogP contribution is -2.03. The summed E-state index contributed by atoms with van der Waals surface area (Å²) in [6.07, 6.45) is -0.558. The third-order valence-electron chi connectivity index (χ3n) is 2.72. The van der Waals surface area contributed by atoms with Gasteiger partial charge in [0.2, 0.25) is 0 Å². The summed E-state index contributed by atoms with van der Waals surface area (Å²) < 4.78 is 5.25. The van der Waals surface area contributed by atoms with Crippen LogP contribution in [0.2, 0.25) is 5.02 Å². The van der Waals surface area contributed by atoms with Crippen LogP contribution < -0.4 is 4.74 Å². The van der Waals surface area contributed by atoms with E-state index in [4.69, 9.17) is 16.3 Å². The minimum atomic E-state index is -0.558. The van der Waals surface area contributed by atoms with E-state index in [-0.39, 0.29) is 0 Å². The number of ether oxygens (including phenoxy) is 1. The fourth-order valence-corrected chi connectivity index (χ4v) is 2.72. The minimum absolute atomic E-state index is 0.558. The Morgan fingerprint density at radius 3 is 2.53 bits per heavy atom. The number of aliphatic hydroxyl groups excluding tert-OH is 1. The van der Waals surface area contributed by atoms with Gasteiger partial charge in [0.25, 0.3) is 0 Å². The number of aliphatic hydroxyl groups is 1. The van der Waals surface area contributed by atoms with Crippen LogP contribution in [0.3, 0.4) is 0 Å². The van der Waals surface area contributed by atoms with Crippen LogP contribution >= 0.6 is 23.4 Å². The summed E-state index contributed by atoms with van der Waals surface area (Å²) >= 11 is 7.42. The first-order valence-corrected chi connectivity index (χ1v) is 7.26. The van der Waals surface area contributed by atoms with Crippen LogP contribution in [0.4, 0.5) is 0 Å². The highest BCUT2D eigenvalue weighted by molar-refractivity contribution is 7.99. The summed E-state index contributed by atoms with van der Waals surface area (Å²) in [5, 5.41) is 10.9. The summed E-state index contributed by atoms with van der Waals surface area (Å²) in [7, 11) is 1.61. The highest BCUT2D eigenvalue weighted by Gasteiger charge is 2.12. The van der Waals surface area contributed by atoms with Gasteiger partial charge in [-0.3, -0.25) is 0 Å². The Hall–Kier alpha value is -1.16. The number of hydrogen-bond donors (Lipinski definition) is 1. The van der Waals surface area contributed by atoms with Crippen LogP contribution in [-0.2, 0) is 0 Å². The molecule has 0 bridgehead atoms. The number of thioether (sulfide) groups is 1. The first-order chi connectivity index (χ1) is 9.20. The molecule has 0 amide bonds. The van der Waals surface area contributed by atoms with Crippen molar-refractivity contribution >= 4 is 23.4 Å². The lowest BCUT2D eigenvalue weighted by Gasteiger charge is -2.14. The molecule has 1 unspecified atom stereocenters. The number of hydrogen-bond acceptors (Lipinski definition) is 3. The fraction of sp³-hybridized carbons (Fsp3) is 0.200. The second-order valence-corrected chi connectivity index (χ2v) is 5.55. The predicted octanol–water partition coefficient (Wildman–Crippen LogP) is 4.17. The second kappa shape index (κ2) is 6.85. The van der Waals surface area contributed by atoms with Gasteiger partial charge < -0.3 is 9.84 Å². The molecule has 0 fully saturated rings. The Bertz CT molecular complexity index is 528. The first-order valence-electron chi connectivity index (χ1n) is 5.90. The van der Waals surface area contributed by atoms with E-state index >= 15 is 0 Å². The van der Waals surface area contributed by atoms with Crippen molar-refractivity contribution in [2.24, 2.45) is 0 Å². The zero-order valence-corrected chi connectivity index (χ0v) is 12.1. The van der Waals surface area contributed by atoms with Gasteiger partial charge in [0, 0.05) is 21.2 Å². The molecule has 0 saturated heterocycles. The quantitative estimate of drug-likeness (QED) is 0.839. The van der Waals surface area contributed by atoms with Crippen molar-refractivity contribution in [2.45, 2.75) is 11.0 Å². The maximum Gasteiger partial charge on any atom is 0.124 e. The van der Waals surface area contributed by atoms with Crippen LogP contribution in [0.15, 0.2) is 53.4 Å². The monoisotopic (exact) mass is 294 g/mol. The molecule has 19 heavy (non-hydrogen) atoms. The van der Waals surface area contributed by atoms with Gasteiger partial charge in [-0.15, -0.1) is 11.8 Å². The van der Waals surface area contributed by atoms with E-state index in [1.54, 1.807) is 18.9 Å². The van der Waals surface area contributed by atoms with E-state index in [0.717, 1.165) is 15.5 Å². The van der Waals surface area contributed by atoms with Crippen LogP contribution in [0, 0.1) is 0 Å². The van der Waals surface area contributed by atoms with Crippen LogP contribution in [0.5, 0.6) is 5.75 Å². The minimum Gasteiger partial charge on any atom is -0.496 e. The number of methoxy groups -OCH3 is 1. The number of halogens is 1. The molecule has 1 atom stereocenters. The van der Waals surface area contributed by atoms with Gasteiger partial charge in [0.05, 0.1) is 13.2 Å². The summed E-state index contributed by atoms with van der Waals surface area (Å²) in [5.74, 6) is 1.29. The Morgan fingerprint density at radius 2 is 1.84 bits per heavy atom. The molecular formula is C15H15ClO2S. The van der Waals surface area contributed by atoms with Crippen LogP contribution in [-0.4, -0.2) is 18.0 Å². The summed E-state index contributed by atoms with van der Waals surface area (Å²) in [6, 6.07) is 15.1. The highest BCUT2D eigenvalue weighted by atomic mass is 35.5. The Morgan fingerprint density at radius 1 is 1.16 bits per heavy atom. The van der Waals surface area contributed by atoms with E-state index in [0.29, 0.717) is 11.5 Å². The maximum atomic E-state index is 10.2. The van der Waals surface area contributed by atoms with Gasteiger partial charge in [-0.05, 0) is 30.3 Å². The van der Waals surface area contributed by atoms with Crippen molar-refractivity contribution in [2.75, 3.05) is 12.9 Å². The molecule has 2 rings (SSSR count). The molecular weight excluding hydrogens is 280 g/mol. The van der Waals surface area contributed by atoms with Crippen LogP contribution in [0.25, 0.3) is 0 Å². The molecule has 0 aliphatic rings. The van der Waals surface area contributed by atoms with Gasteiger partial charge >= 0.3 is 0 Å². The van der Waals surface area contributed by atoms with E-state index in [9.17, 15) is 5.11 Å². The molecule has 0 aliphatic carbocycles. The Kier molecular flexibility index (Phi) is 5.14. The van der Waals surface area contributed by atoms with Gasteiger partial charge in [0.15, 0.2) is 0 Å². The lowest BCUT2D eigenvalue weighted by molar-refractivity contribution is 0.199. The standard InChI is InChI=1S/C15H15ClO2S/c1-18-15-5-3-2-4-13(15)14(17)10-19-12-8-6-11(16)7-9-12/h2-9,14,17H,10H2,1H3. The third kappa shape index (κ3) is 3.90. The second-order valence-electron chi connectivity index (χ2n) is 4.02. The van der Waals surface area contributed by atoms with E-state index in [1.165, 1.54) is 0 Å². The molecule has 4 heteroatoms. The summed E-state index contributed by atoms with van der Waals surface area (Å²) in [5.41, 5.74) is 0.812. The van der Waals surface area contributed by atoms with Crippen molar-refractivity contribution in [1.82, 2.24) is 0 Å². The van der Waals surface area contributed by atoms with Crippen molar-refractivity contribution in [1.29, 1.82) is 0 Å². The highest BCUT2D eigenvalue weighted by Crippen LogP contribution is 2.30. The Labute approximate surface area is 122 Å². The number of rotatable bonds is 5. The molecule has 2 aromatic carbocycles. The topological polar surface area (TPSA) is 29.5 Å². The van der Waals surface area contributed by atoms with Gasteiger partial charge in [-0.2, -0.15) is 0 Å². The van der Waals surface area contributed by atoms with Gasteiger partial charge in [-0.25, -0.2) is 0 Å². The van der Waals surface area contributed by atoms with E-state index < -0.39 is 6.10 Å². The summed E-state index contributed by atoms with van der Waals surface area (Å²) in [6.45, 7) is 0. The van der Waals surface area contributed by atoms with Crippen molar-refractivity contribution in [3.8, 4) is 5.75 Å². The molecule has 0 spiro atoms. The molecule has 1 N–H and O–H groups in total. The lowest BCUT2D eigenvalue weighted by atomic mass is 10.1. The van der Waals surface area contributed by atoms with E-state index in [1.807, 2.05) is 48.5 Å². The SMILES string of the molecule is COc1ccccc1C(O)CSc1ccc(Cl)cc1. The van der Waals surface area contributed by atoms with Gasteiger partial charge in [-0.1, -0.05) is 29.8 Å². The molecule has 0 aromatic heterocycles. The summed E-state index contributed by atoms with van der Waals surface area (Å²) in [4.78, 5) is 1.08. The smallest absolute Gasteiger partial charge is 0.124 e. The predicted molar refractivity (Wildman–Crippen MR) is 80.1 cm³/mol. The Balaban J connectivity index is 2.01. The average molecular weight is 295 g/mol. The zero-order chi connectivity index (χ0) is 13.7. The molecule has 0 heterocycles. The van der Waals surface area contributed by atoms with E-state index in [2.05, 4.69) is 0 Å². The molecule has 0 saturated carbocycles. The average Bonchev–Trinajstić information content (AvgIpc) is 2.46. The molecule has 2 aromatic rings. The number of para-hydroxylation sites is 1. The van der Waals surface area contributed by atoms with Crippen LogP contribution in [0.1, 0.15) is 11.7 Å². The van der Waals surface area contributed by atoms with Crippen molar-refractivity contribution in [3.63, 3.8) is 0 Å². The largest absolute Gasteiger partial charge is 0.496 e. The number of benzene rings is 2. The normalized spacial score (nSPS) is 12.2. The molecule has 0 radical (unpaired) electrons.